The van der Waals surface area contributed by atoms with Gasteiger partial charge in [-0.3, -0.25) is 0 Å². The van der Waals surface area contributed by atoms with E-state index in [0.29, 0.717) is 49.3 Å². The summed E-state index contributed by atoms with van der Waals surface area (Å²) < 4.78 is 15.4. The molecule has 0 radical (unpaired) electrons. The van der Waals surface area contributed by atoms with Crippen LogP contribution >= 0.6 is 24.0 Å². The van der Waals surface area contributed by atoms with Crippen molar-refractivity contribution in [3.05, 3.63) is 23.2 Å². The first kappa shape index (κ1) is 25.1. The Kier molecular flexibility index (Phi) is 10.8. The fraction of sp³-hybridized carbons (Fsp3) is 0.632. The molecule has 0 spiro atoms. The van der Waals surface area contributed by atoms with Crippen LogP contribution in [0.15, 0.2) is 15.5 Å². The van der Waals surface area contributed by atoms with Gasteiger partial charge in [0.05, 0.1) is 13.7 Å². The lowest BCUT2D eigenvalue weighted by molar-refractivity contribution is 0.0598. The number of carbonyl (C=O) groups is 2. The van der Waals surface area contributed by atoms with Crippen molar-refractivity contribution < 1.29 is 23.5 Å². The first-order valence-electron chi connectivity index (χ1n) is 9.62. The number of furan rings is 1. The van der Waals surface area contributed by atoms with Gasteiger partial charge in [-0.25, -0.2) is 14.6 Å². The standard InChI is InChI=1S/C19H30N4O5.HI/c1-5-20-18(21-12-15-11-16(13(3)28-15)17(24)26-4)22-14-7-9-23(10-8-14)19(25)27-6-2;/h11,14H,5-10,12H2,1-4H3,(H2,20,21,22);1H. The van der Waals surface area contributed by atoms with Gasteiger partial charge < -0.3 is 29.4 Å². The molecule has 2 N–H and O–H groups in total. The van der Waals surface area contributed by atoms with E-state index in [2.05, 4.69) is 15.6 Å². The molecule has 1 aromatic rings. The van der Waals surface area contributed by atoms with E-state index in [1.165, 1.54) is 7.11 Å². The lowest BCUT2D eigenvalue weighted by atomic mass is 10.1. The van der Waals surface area contributed by atoms with Gasteiger partial charge >= 0.3 is 12.1 Å². The maximum absolute atomic E-state index is 11.8. The molecular formula is C19H31IN4O5. The quantitative estimate of drug-likeness (QED) is 0.256. The fourth-order valence-corrected chi connectivity index (χ4v) is 3.03. The Morgan fingerprint density at radius 2 is 2.00 bits per heavy atom. The Labute approximate surface area is 188 Å². The SMILES string of the molecule is CCNC(=NCc1cc(C(=O)OC)c(C)o1)NC1CCN(C(=O)OCC)CC1.I. The normalized spacial score (nSPS) is 14.8. The highest BCUT2D eigenvalue weighted by Crippen LogP contribution is 2.16. The number of aryl methyl sites for hydroxylation is 1. The molecule has 1 aliphatic rings. The molecule has 2 heterocycles. The molecular weight excluding hydrogens is 491 g/mol. The van der Waals surface area contributed by atoms with Crippen molar-refractivity contribution >= 4 is 42.0 Å². The Morgan fingerprint density at radius 1 is 1.31 bits per heavy atom. The summed E-state index contributed by atoms with van der Waals surface area (Å²) in [5.74, 6) is 1.36. The van der Waals surface area contributed by atoms with Gasteiger partial charge in [0, 0.05) is 25.7 Å². The number of hydrogen-bond donors (Lipinski definition) is 2. The van der Waals surface area contributed by atoms with Crippen LogP contribution in [0, 0.1) is 6.92 Å². The monoisotopic (exact) mass is 522 g/mol. The second kappa shape index (κ2) is 12.6. The number of nitrogens with one attached hydrogen (secondary N) is 2. The molecule has 0 bridgehead atoms. The maximum Gasteiger partial charge on any atom is 0.409 e. The number of guanidine groups is 1. The second-order valence-electron chi connectivity index (χ2n) is 6.47. The third kappa shape index (κ3) is 7.41. The number of rotatable bonds is 6. The number of esters is 1. The molecule has 0 aromatic carbocycles. The smallest absolute Gasteiger partial charge is 0.409 e. The Bertz CT molecular complexity index is 699. The summed E-state index contributed by atoms with van der Waals surface area (Å²) in [7, 11) is 1.34. The fourth-order valence-electron chi connectivity index (χ4n) is 3.03. The molecule has 29 heavy (non-hydrogen) atoms. The van der Waals surface area contributed by atoms with E-state index in [1.807, 2.05) is 6.92 Å². The predicted octanol–water partition coefficient (Wildman–Crippen LogP) is 2.67. The van der Waals surface area contributed by atoms with Gasteiger partial charge in [-0.2, -0.15) is 0 Å². The summed E-state index contributed by atoms with van der Waals surface area (Å²) >= 11 is 0. The van der Waals surface area contributed by atoms with Crippen LogP contribution in [0.4, 0.5) is 4.79 Å². The largest absolute Gasteiger partial charge is 0.465 e. The first-order chi connectivity index (χ1) is 13.5. The van der Waals surface area contributed by atoms with Crippen LogP contribution in [-0.2, 0) is 16.0 Å². The van der Waals surface area contributed by atoms with Crippen molar-refractivity contribution in [2.24, 2.45) is 4.99 Å². The minimum atomic E-state index is -0.421. The highest BCUT2D eigenvalue weighted by atomic mass is 127. The van der Waals surface area contributed by atoms with Gasteiger partial charge in [-0.15, -0.1) is 24.0 Å². The van der Waals surface area contributed by atoms with Crippen LogP contribution < -0.4 is 10.6 Å². The lowest BCUT2D eigenvalue weighted by Crippen LogP contribution is -2.49. The van der Waals surface area contributed by atoms with E-state index < -0.39 is 5.97 Å². The zero-order chi connectivity index (χ0) is 20.5. The number of carbonyl (C=O) groups excluding carboxylic acids is 2. The number of halogens is 1. The molecule has 0 atom stereocenters. The molecule has 0 unspecified atom stereocenters. The van der Waals surface area contributed by atoms with E-state index in [4.69, 9.17) is 13.9 Å². The molecule has 1 saturated heterocycles. The summed E-state index contributed by atoms with van der Waals surface area (Å²) in [6.07, 6.45) is 1.38. The number of amides is 1. The summed E-state index contributed by atoms with van der Waals surface area (Å²) in [5, 5.41) is 6.61. The highest BCUT2D eigenvalue weighted by molar-refractivity contribution is 14.0. The van der Waals surface area contributed by atoms with Gasteiger partial charge in [0.15, 0.2) is 5.96 Å². The molecule has 1 aliphatic heterocycles. The summed E-state index contributed by atoms with van der Waals surface area (Å²) in [6, 6.07) is 1.87. The maximum atomic E-state index is 11.8. The van der Waals surface area contributed by atoms with Crippen molar-refractivity contribution in [3.63, 3.8) is 0 Å². The second-order valence-corrected chi connectivity index (χ2v) is 6.47. The summed E-state index contributed by atoms with van der Waals surface area (Å²) in [4.78, 5) is 29.8. The van der Waals surface area contributed by atoms with Gasteiger partial charge in [0.1, 0.15) is 23.6 Å². The van der Waals surface area contributed by atoms with Crippen molar-refractivity contribution in [2.45, 2.75) is 46.2 Å². The topological polar surface area (TPSA) is 105 Å². The van der Waals surface area contributed by atoms with Gasteiger partial charge in [0.2, 0.25) is 0 Å². The Hall–Kier alpha value is -1.98. The molecule has 10 heteroatoms. The van der Waals surface area contributed by atoms with Crippen LogP contribution in [0.2, 0.25) is 0 Å². The van der Waals surface area contributed by atoms with Gasteiger partial charge in [0.25, 0.3) is 0 Å². The number of piperidine rings is 1. The molecule has 1 amide bonds. The van der Waals surface area contributed by atoms with Crippen molar-refractivity contribution in [1.29, 1.82) is 0 Å². The third-order valence-electron chi connectivity index (χ3n) is 4.47. The molecule has 1 fully saturated rings. The summed E-state index contributed by atoms with van der Waals surface area (Å²) in [5.41, 5.74) is 0.414. The number of likely N-dealkylation sites (tertiary alicyclic amines) is 1. The lowest BCUT2D eigenvalue weighted by Gasteiger charge is -2.32. The third-order valence-corrected chi connectivity index (χ3v) is 4.47. The van der Waals surface area contributed by atoms with Crippen LogP contribution in [-0.4, -0.2) is 62.3 Å². The van der Waals surface area contributed by atoms with Crippen molar-refractivity contribution in [2.75, 3.05) is 33.4 Å². The molecule has 0 aliphatic carbocycles. The number of nitrogens with zero attached hydrogens (tertiary/aromatic N) is 2. The summed E-state index contributed by atoms with van der Waals surface area (Å²) in [6.45, 7) is 8.23. The van der Waals surface area contributed by atoms with Crippen molar-refractivity contribution in [1.82, 2.24) is 15.5 Å². The van der Waals surface area contributed by atoms with Crippen LogP contribution in [0.3, 0.4) is 0 Å². The average Bonchev–Trinajstić information content (AvgIpc) is 3.07. The van der Waals surface area contributed by atoms with E-state index in [1.54, 1.807) is 24.8 Å². The first-order valence-corrected chi connectivity index (χ1v) is 9.62. The van der Waals surface area contributed by atoms with Crippen LogP contribution in [0.25, 0.3) is 0 Å². The average molecular weight is 522 g/mol. The minimum Gasteiger partial charge on any atom is -0.465 e. The van der Waals surface area contributed by atoms with E-state index in [9.17, 15) is 9.59 Å². The predicted molar refractivity (Wildman–Crippen MR) is 120 cm³/mol. The highest BCUT2D eigenvalue weighted by Gasteiger charge is 2.24. The zero-order valence-corrected chi connectivity index (χ0v) is 19.8. The van der Waals surface area contributed by atoms with E-state index in [0.717, 1.165) is 19.4 Å². The molecule has 1 aromatic heterocycles. The molecule has 9 nitrogen and oxygen atoms in total. The number of methoxy groups -OCH3 is 1. The van der Waals surface area contributed by atoms with Crippen LogP contribution in [0.5, 0.6) is 0 Å². The van der Waals surface area contributed by atoms with E-state index >= 15 is 0 Å². The molecule has 2 rings (SSSR count). The molecule has 164 valence electrons. The molecule has 0 saturated carbocycles. The van der Waals surface area contributed by atoms with Gasteiger partial charge in [-0.1, -0.05) is 0 Å². The minimum absolute atomic E-state index is 0. The Morgan fingerprint density at radius 3 is 2.59 bits per heavy atom. The van der Waals surface area contributed by atoms with Crippen molar-refractivity contribution in [3.8, 4) is 0 Å². The van der Waals surface area contributed by atoms with Crippen LogP contribution in [0.1, 0.15) is 48.6 Å². The van der Waals surface area contributed by atoms with Gasteiger partial charge in [-0.05, 0) is 39.7 Å². The Balaban J connectivity index is 0.00000420. The van der Waals surface area contributed by atoms with E-state index in [-0.39, 0.29) is 36.1 Å². The number of ether oxygens (including phenoxy) is 2. The zero-order valence-electron chi connectivity index (χ0n) is 17.4. The number of aliphatic imine (C=N–C) groups is 1. The number of hydrogen-bond acceptors (Lipinski definition) is 6.